The van der Waals surface area contributed by atoms with Crippen LogP contribution in [-0.4, -0.2) is 37.4 Å². The van der Waals surface area contributed by atoms with Crippen LogP contribution >= 0.6 is 0 Å². The molecular weight excluding hydrogens is 136 g/mol. The van der Waals surface area contributed by atoms with Crippen molar-refractivity contribution in [2.24, 2.45) is 0 Å². The van der Waals surface area contributed by atoms with Gasteiger partial charge in [0.2, 0.25) is 0 Å². The number of hydrogen-bond acceptors (Lipinski definition) is 1. The largest absolute Gasteiger partial charge is 0.303 e. The number of alkyl halides is 2. The molecular formula is C7H13F2N. The fourth-order valence-electron chi connectivity index (χ4n) is 1.42. The zero-order chi connectivity index (χ0) is 7.61. The monoisotopic (exact) mass is 149 g/mol. The lowest BCUT2D eigenvalue weighted by Crippen LogP contribution is -2.44. The van der Waals surface area contributed by atoms with Gasteiger partial charge in [-0.3, -0.25) is 0 Å². The van der Waals surface area contributed by atoms with Gasteiger partial charge in [0.1, 0.15) is 6.67 Å². The Labute approximate surface area is 60.0 Å². The molecule has 0 radical (unpaired) electrons. The fourth-order valence-corrected chi connectivity index (χ4v) is 1.42. The highest BCUT2D eigenvalue weighted by Gasteiger charge is 2.33. The molecule has 10 heavy (non-hydrogen) atoms. The van der Waals surface area contributed by atoms with Crippen LogP contribution in [0.4, 0.5) is 8.78 Å². The summed E-state index contributed by atoms with van der Waals surface area (Å²) >= 11 is 0. The van der Waals surface area contributed by atoms with Crippen molar-refractivity contribution in [1.82, 2.24) is 4.90 Å². The van der Waals surface area contributed by atoms with E-state index in [0.29, 0.717) is 6.42 Å². The Morgan fingerprint density at radius 1 is 1.60 bits per heavy atom. The molecule has 1 fully saturated rings. The number of piperidine rings is 1. The van der Waals surface area contributed by atoms with Gasteiger partial charge in [-0.05, 0) is 26.4 Å². The topological polar surface area (TPSA) is 3.24 Å². The molecule has 1 nitrogen and oxygen atoms in total. The Morgan fingerprint density at radius 2 is 2.30 bits per heavy atom. The normalized spacial score (nSPS) is 36.3. The number of hydrogen-bond donors (Lipinski definition) is 0. The van der Waals surface area contributed by atoms with Crippen LogP contribution in [0.25, 0.3) is 0 Å². The maximum atomic E-state index is 13.1. The summed E-state index contributed by atoms with van der Waals surface area (Å²) < 4.78 is 25.2. The summed E-state index contributed by atoms with van der Waals surface area (Å²) in [7, 11) is 1.82. The van der Waals surface area contributed by atoms with Crippen molar-refractivity contribution < 1.29 is 8.78 Å². The van der Waals surface area contributed by atoms with Gasteiger partial charge in [0.15, 0.2) is 5.67 Å². The van der Waals surface area contributed by atoms with Crippen LogP contribution in [0.5, 0.6) is 0 Å². The van der Waals surface area contributed by atoms with E-state index in [1.54, 1.807) is 0 Å². The van der Waals surface area contributed by atoms with E-state index in [1.165, 1.54) is 0 Å². The summed E-state index contributed by atoms with van der Waals surface area (Å²) in [5.74, 6) is 0. The average molecular weight is 149 g/mol. The second-order valence-electron chi connectivity index (χ2n) is 3.13. The van der Waals surface area contributed by atoms with Crippen molar-refractivity contribution in [2.75, 3.05) is 26.8 Å². The fraction of sp³-hybridized carbons (Fsp3) is 1.00. The Hall–Kier alpha value is -0.180. The van der Waals surface area contributed by atoms with Gasteiger partial charge in [0, 0.05) is 6.54 Å². The van der Waals surface area contributed by atoms with Crippen molar-refractivity contribution in [3.05, 3.63) is 0 Å². The minimum atomic E-state index is -1.55. The molecule has 0 N–H and O–H groups in total. The van der Waals surface area contributed by atoms with Crippen molar-refractivity contribution >= 4 is 0 Å². The Balaban J connectivity index is 2.45. The molecule has 0 aromatic carbocycles. The van der Waals surface area contributed by atoms with Crippen LogP contribution in [0.15, 0.2) is 0 Å². The molecule has 0 bridgehead atoms. The molecule has 0 spiro atoms. The molecule has 3 heteroatoms. The summed E-state index contributed by atoms with van der Waals surface area (Å²) in [6.45, 7) is 0.312. The van der Waals surface area contributed by atoms with E-state index < -0.39 is 12.3 Å². The van der Waals surface area contributed by atoms with Crippen molar-refractivity contribution in [1.29, 1.82) is 0 Å². The quantitative estimate of drug-likeness (QED) is 0.544. The predicted octanol–water partition coefficient (Wildman–Crippen LogP) is 1.39. The van der Waals surface area contributed by atoms with E-state index in [2.05, 4.69) is 0 Å². The lowest BCUT2D eigenvalue weighted by molar-refractivity contribution is 0.0360. The maximum Gasteiger partial charge on any atom is 0.151 e. The van der Waals surface area contributed by atoms with Crippen molar-refractivity contribution in [2.45, 2.75) is 18.5 Å². The van der Waals surface area contributed by atoms with E-state index in [9.17, 15) is 8.78 Å². The van der Waals surface area contributed by atoms with Crippen LogP contribution in [0.2, 0.25) is 0 Å². The highest BCUT2D eigenvalue weighted by atomic mass is 19.2. The molecule has 1 aliphatic rings. The van der Waals surface area contributed by atoms with Crippen LogP contribution in [-0.2, 0) is 0 Å². The summed E-state index contributed by atoms with van der Waals surface area (Å²) in [6, 6.07) is 0. The Morgan fingerprint density at radius 3 is 2.70 bits per heavy atom. The maximum absolute atomic E-state index is 13.1. The minimum Gasteiger partial charge on any atom is -0.303 e. The number of likely N-dealkylation sites (tertiary alicyclic amines) is 1. The van der Waals surface area contributed by atoms with E-state index in [-0.39, 0.29) is 6.54 Å². The Kier molecular flexibility index (Phi) is 2.24. The van der Waals surface area contributed by atoms with Gasteiger partial charge in [-0.25, -0.2) is 8.78 Å². The second-order valence-corrected chi connectivity index (χ2v) is 3.13. The summed E-state index contributed by atoms with van der Waals surface area (Å²) in [4.78, 5) is 1.84. The first-order valence-corrected chi connectivity index (χ1v) is 3.60. The standard InChI is InChI=1S/C7H13F2N/c1-10-4-2-3-7(9,5-8)6-10/h2-6H2,1H3. The second kappa shape index (κ2) is 2.82. The van der Waals surface area contributed by atoms with Gasteiger partial charge in [-0.1, -0.05) is 0 Å². The van der Waals surface area contributed by atoms with E-state index in [1.807, 2.05) is 11.9 Å². The molecule has 0 saturated carbocycles. The molecule has 1 unspecified atom stereocenters. The third kappa shape index (κ3) is 1.66. The van der Waals surface area contributed by atoms with Gasteiger partial charge in [-0.15, -0.1) is 0 Å². The Bertz CT molecular complexity index is 118. The molecule has 60 valence electrons. The first kappa shape index (κ1) is 7.92. The van der Waals surface area contributed by atoms with Crippen LogP contribution in [0.3, 0.4) is 0 Å². The third-order valence-electron chi connectivity index (χ3n) is 1.96. The van der Waals surface area contributed by atoms with Gasteiger partial charge in [0.05, 0.1) is 0 Å². The molecule has 0 aromatic heterocycles. The molecule has 0 aromatic rings. The van der Waals surface area contributed by atoms with Gasteiger partial charge in [-0.2, -0.15) is 0 Å². The first-order valence-electron chi connectivity index (χ1n) is 3.60. The average Bonchev–Trinajstić information content (AvgIpc) is 1.88. The lowest BCUT2D eigenvalue weighted by atomic mass is 9.97. The SMILES string of the molecule is CN1CCCC(F)(CF)C1. The molecule has 1 rings (SSSR count). The molecule has 1 aliphatic heterocycles. The number of nitrogens with zero attached hydrogens (tertiary/aromatic N) is 1. The minimum absolute atomic E-state index is 0.253. The molecule has 1 saturated heterocycles. The summed E-state index contributed by atoms with van der Waals surface area (Å²) in [5.41, 5.74) is -1.55. The summed E-state index contributed by atoms with van der Waals surface area (Å²) in [6.07, 6.45) is 1.16. The zero-order valence-electron chi connectivity index (χ0n) is 6.24. The number of rotatable bonds is 1. The zero-order valence-corrected chi connectivity index (χ0v) is 6.24. The van der Waals surface area contributed by atoms with Gasteiger partial charge in [0.25, 0.3) is 0 Å². The third-order valence-corrected chi connectivity index (χ3v) is 1.96. The van der Waals surface area contributed by atoms with Crippen LogP contribution in [0.1, 0.15) is 12.8 Å². The van der Waals surface area contributed by atoms with Crippen molar-refractivity contribution in [3.63, 3.8) is 0 Å². The van der Waals surface area contributed by atoms with E-state index >= 15 is 0 Å². The van der Waals surface area contributed by atoms with Crippen molar-refractivity contribution in [3.8, 4) is 0 Å². The van der Waals surface area contributed by atoms with E-state index in [0.717, 1.165) is 13.0 Å². The first-order chi connectivity index (χ1) is 4.66. The molecule has 1 atom stereocenters. The summed E-state index contributed by atoms with van der Waals surface area (Å²) in [5, 5.41) is 0. The van der Waals surface area contributed by atoms with E-state index in [4.69, 9.17) is 0 Å². The smallest absolute Gasteiger partial charge is 0.151 e. The molecule has 1 heterocycles. The number of halogens is 2. The van der Waals surface area contributed by atoms with Gasteiger partial charge < -0.3 is 4.90 Å². The molecule has 0 amide bonds. The van der Waals surface area contributed by atoms with Crippen LogP contribution < -0.4 is 0 Å². The van der Waals surface area contributed by atoms with Gasteiger partial charge >= 0.3 is 0 Å². The molecule has 0 aliphatic carbocycles. The highest BCUT2D eigenvalue weighted by Crippen LogP contribution is 2.24. The highest BCUT2D eigenvalue weighted by molar-refractivity contribution is 4.85. The van der Waals surface area contributed by atoms with Crippen LogP contribution in [0, 0.1) is 0 Å². The lowest BCUT2D eigenvalue weighted by Gasteiger charge is -2.33. The predicted molar refractivity (Wildman–Crippen MR) is 36.5 cm³/mol.